The van der Waals surface area contributed by atoms with Crippen molar-refractivity contribution in [2.24, 2.45) is 17.8 Å². The van der Waals surface area contributed by atoms with Crippen LogP contribution >= 0.6 is 15.6 Å². The molecule has 0 radical (unpaired) electrons. The molecule has 0 aromatic heterocycles. The number of esters is 4. The Bertz CT molecular complexity index is 1940. The molecular formula is C81H158O17P2. The third-order valence-electron chi connectivity index (χ3n) is 19.2. The summed E-state index contributed by atoms with van der Waals surface area (Å²) in [7, 11) is -9.91. The van der Waals surface area contributed by atoms with Gasteiger partial charge in [0.25, 0.3) is 0 Å². The topological polar surface area (TPSA) is 237 Å². The van der Waals surface area contributed by atoms with Gasteiger partial charge in [-0.1, -0.05) is 370 Å². The average Bonchev–Trinajstić information content (AvgIpc) is 0.940. The normalized spacial score (nSPS) is 14.2. The predicted octanol–water partition coefficient (Wildman–Crippen LogP) is 24.1. The minimum atomic E-state index is -4.96. The molecule has 0 amide bonds. The Hall–Kier alpha value is -1.94. The van der Waals surface area contributed by atoms with Crippen LogP contribution in [0.25, 0.3) is 0 Å². The molecule has 0 aliphatic rings. The summed E-state index contributed by atoms with van der Waals surface area (Å²) in [5.41, 5.74) is 0. The van der Waals surface area contributed by atoms with Gasteiger partial charge in [-0.15, -0.1) is 0 Å². The van der Waals surface area contributed by atoms with Crippen molar-refractivity contribution in [2.75, 3.05) is 39.6 Å². The number of carbonyl (C=O) groups is 4. The highest BCUT2D eigenvalue weighted by molar-refractivity contribution is 7.47. The number of ether oxygens (including phenoxy) is 4. The molecule has 100 heavy (non-hydrogen) atoms. The lowest BCUT2D eigenvalue weighted by Gasteiger charge is -2.21. The lowest BCUT2D eigenvalue weighted by Crippen LogP contribution is -2.30. The van der Waals surface area contributed by atoms with Gasteiger partial charge in [0.2, 0.25) is 0 Å². The zero-order valence-electron chi connectivity index (χ0n) is 65.7. The smallest absolute Gasteiger partial charge is 0.462 e. The highest BCUT2D eigenvalue weighted by Crippen LogP contribution is 2.45. The molecule has 0 aromatic rings. The Kier molecular flexibility index (Phi) is 69.9. The zero-order chi connectivity index (χ0) is 73.7. The molecule has 6 atom stereocenters. The second-order valence-electron chi connectivity index (χ2n) is 30.4. The summed E-state index contributed by atoms with van der Waals surface area (Å²) in [5, 5.41) is 10.6. The molecule has 19 heteroatoms. The number of rotatable bonds is 79. The highest BCUT2D eigenvalue weighted by atomic mass is 31.2. The molecule has 0 heterocycles. The number of hydrogen-bond donors (Lipinski definition) is 3. The van der Waals surface area contributed by atoms with Crippen LogP contribution in [0.2, 0.25) is 0 Å². The first-order chi connectivity index (χ1) is 48.3. The van der Waals surface area contributed by atoms with Crippen molar-refractivity contribution in [1.29, 1.82) is 0 Å². The van der Waals surface area contributed by atoms with Crippen molar-refractivity contribution in [1.82, 2.24) is 0 Å². The lowest BCUT2D eigenvalue weighted by molar-refractivity contribution is -0.161. The molecular weight excluding hydrogens is 1310 g/mol. The van der Waals surface area contributed by atoms with E-state index >= 15 is 0 Å². The number of aliphatic hydroxyl groups excluding tert-OH is 1. The van der Waals surface area contributed by atoms with Crippen molar-refractivity contribution in [3.05, 3.63) is 0 Å². The molecule has 0 saturated heterocycles. The van der Waals surface area contributed by atoms with E-state index in [1.165, 1.54) is 231 Å². The molecule has 17 nitrogen and oxygen atoms in total. The first kappa shape index (κ1) is 98.1. The number of hydrogen-bond acceptors (Lipinski definition) is 15. The molecule has 0 bridgehead atoms. The van der Waals surface area contributed by atoms with Gasteiger partial charge in [-0.2, -0.15) is 0 Å². The maximum Gasteiger partial charge on any atom is 0.472 e. The minimum absolute atomic E-state index is 0.104. The summed E-state index contributed by atoms with van der Waals surface area (Å²) in [6.07, 6.45) is 59.9. The van der Waals surface area contributed by atoms with Gasteiger partial charge in [-0.05, 0) is 43.4 Å². The van der Waals surface area contributed by atoms with Crippen LogP contribution in [-0.4, -0.2) is 96.7 Å². The lowest BCUT2D eigenvalue weighted by atomic mass is 9.99. The standard InChI is InChI=1S/C81H158O17P2/c1-8-10-11-12-13-32-41-48-55-62-78(83)91-69-77(98-81(86)65-58-51-44-37-39-46-53-60-73(5)6)71-96-100(89,90)94-67-75(82)66-93-99(87,88)95-70-76(68-92-79(84)63-56-49-42-35-30-26-22-19-18-20-24-28-33-38-45-52-59-72(3)4)97-80(85)64-57-50-43-36-31-27-23-17-15-14-16-21-25-29-34-40-47-54-61-74(7)9-2/h72-77,82H,8-71H2,1-7H3,(H,87,88)(H,89,90)/t74?,75-,76-,77-/m1/s1. The van der Waals surface area contributed by atoms with E-state index in [-0.39, 0.29) is 25.7 Å². The molecule has 0 aliphatic carbocycles. The Labute approximate surface area is 613 Å². The second kappa shape index (κ2) is 71.3. The number of phosphoric acid groups is 2. The summed E-state index contributed by atoms with van der Waals surface area (Å²) in [6.45, 7) is 11.9. The molecule has 0 aliphatic heterocycles. The number of aliphatic hydroxyl groups is 1. The number of unbranched alkanes of at least 4 members (excludes halogenated alkanes) is 46. The Morgan fingerprint density at radius 2 is 0.510 bits per heavy atom. The van der Waals surface area contributed by atoms with Gasteiger partial charge < -0.3 is 33.8 Å². The van der Waals surface area contributed by atoms with E-state index in [1.54, 1.807) is 0 Å². The van der Waals surface area contributed by atoms with Crippen molar-refractivity contribution >= 4 is 39.5 Å². The quantitative estimate of drug-likeness (QED) is 0.0222. The first-order valence-electron chi connectivity index (χ1n) is 41.9. The largest absolute Gasteiger partial charge is 0.472 e. The monoisotopic (exact) mass is 1470 g/mol. The summed E-state index contributed by atoms with van der Waals surface area (Å²) >= 11 is 0. The van der Waals surface area contributed by atoms with Crippen LogP contribution in [0.3, 0.4) is 0 Å². The average molecular weight is 1470 g/mol. The van der Waals surface area contributed by atoms with Crippen LogP contribution < -0.4 is 0 Å². The summed E-state index contributed by atoms with van der Waals surface area (Å²) < 4.78 is 68.6. The molecule has 594 valence electrons. The molecule has 0 rings (SSSR count). The fourth-order valence-corrected chi connectivity index (χ4v) is 14.0. The van der Waals surface area contributed by atoms with E-state index in [0.717, 1.165) is 102 Å². The summed E-state index contributed by atoms with van der Waals surface area (Å²) in [6, 6.07) is 0. The van der Waals surface area contributed by atoms with E-state index in [9.17, 15) is 43.2 Å². The third-order valence-corrected chi connectivity index (χ3v) is 21.1. The van der Waals surface area contributed by atoms with E-state index in [0.29, 0.717) is 31.6 Å². The maximum atomic E-state index is 13.1. The molecule has 0 saturated carbocycles. The second-order valence-corrected chi connectivity index (χ2v) is 33.3. The Balaban J connectivity index is 5.17. The SMILES string of the molecule is CCCCCCCCCCCC(=O)OC[C@H](COP(=O)(O)OC[C@H](O)COP(=O)(O)OC[C@@H](COC(=O)CCCCCCCCCCCCCCCCCCC(C)C)OC(=O)CCCCCCCCCCCCCCCCCCCCC(C)CC)OC(=O)CCCCCCCCCC(C)C. The van der Waals surface area contributed by atoms with Gasteiger partial charge in [0.1, 0.15) is 19.3 Å². The van der Waals surface area contributed by atoms with Crippen LogP contribution in [0.5, 0.6) is 0 Å². The zero-order valence-corrected chi connectivity index (χ0v) is 67.5. The Morgan fingerprint density at radius 3 is 0.760 bits per heavy atom. The first-order valence-corrected chi connectivity index (χ1v) is 44.9. The predicted molar refractivity (Wildman–Crippen MR) is 409 cm³/mol. The Morgan fingerprint density at radius 1 is 0.290 bits per heavy atom. The van der Waals surface area contributed by atoms with Gasteiger partial charge in [0.05, 0.1) is 26.4 Å². The molecule has 0 fully saturated rings. The van der Waals surface area contributed by atoms with Crippen molar-refractivity contribution in [3.63, 3.8) is 0 Å². The van der Waals surface area contributed by atoms with Crippen LogP contribution in [0.4, 0.5) is 0 Å². The highest BCUT2D eigenvalue weighted by Gasteiger charge is 2.30. The van der Waals surface area contributed by atoms with E-state index in [1.807, 2.05) is 0 Å². The van der Waals surface area contributed by atoms with Crippen LogP contribution in [0, 0.1) is 17.8 Å². The van der Waals surface area contributed by atoms with Crippen molar-refractivity contribution in [3.8, 4) is 0 Å². The van der Waals surface area contributed by atoms with Crippen LogP contribution in [-0.2, 0) is 65.4 Å². The third kappa shape index (κ3) is 73.0. The van der Waals surface area contributed by atoms with E-state index in [4.69, 9.17) is 37.0 Å². The van der Waals surface area contributed by atoms with Crippen LogP contribution in [0.1, 0.15) is 421 Å². The summed E-state index contributed by atoms with van der Waals surface area (Å²) in [4.78, 5) is 72.9. The van der Waals surface area contributed by atoms with Crippen LogP contribution in [0.15, 0.2) is 0 Å². The maximum absolute atomic E-state index is 13.1. The molecule has 3 N–H and O–H groups in total. The fraction of sp³-hybridized carbons (Fsp3) is 0.951. The fourth-order valence-electron chi connectivity index (χ4n) is 12.5. The van der Waals surface area contributed by atoms with Crippen molar-refractivity contribution in [2.45, 2.75) is 439 Å². The van der Waals surface area contributed by atoms with E-state index in [2.05, 4.69) is 48.5 Å². The number of phosphoric ester groups is 2. The van der Waals surface area contributed by atoms with Gasteiger partial charge >= 0.3 is 39.5 Å². The molecule has 0 spiro atoms. The minimum Gasteiger partial charge on any atom is -0.462 e. The van der Waals surface area contributed by atoms with Gasteiger partial charge in [0.15, 0.2) is 12.2 Å². The van der Waals surface area contributed by atoms with E-state index < -0.39 is 97.5 Å². The summed E-state index contributed by atoms with van der Waals surface area (Å²) in [5.74, 6) is 0.264. The molecule has 0 aromatic carbocycles. The number of carbonyl (C=O) groups excluding carboxylic acids is 4. The van der Waals surface area contributed by atoms with Gasteiger partial charge in [-0.25, -0.2) is 9.13 Å². The van der Waals surface area contributed by atoms with Crippen molar-refractivity contribution < 1.29 is 80.2 Å². The molecule has 3 unspecified atom stereocenters. The van der Waals surface area contributed by atoms with Gasteiger partial charge in [0, 0.05) is 25.7 Å². The van der Waals surface area contributed by atoms with Gasteiger partial charge in [-0.3, -0.25) is 37.3 Å².